The fourth-order valence-corrected chi connectivity index (χ4v) is 2.53. The molecular weight excluding hydrogens is 326 g/mol. The molecule has 0 aliphatic heterocycles. The Kier molecular flexibility index (Phi) is 4.02. The molecule has 0 unspecified atom stereocenters. The van der Waals surface area contributed by atoms with Gasteiger partial charge in [-0.1, -0.05) is 0 Å². The number of hydrogen-bond donors (Lipinski definition) is 1. The summed E-state index contributed by atoms with van der Waals surface area (Å²) in [5, 5.41) is 2.84. The van der Waals surface area contributed by atoms with Gasteiger partial charge in [0.15, 0.2) is 11.3 Å². The number of fused-ring (bicyclic) bond motifs is 1. The van der Waals surface area contributed by atoms with Crippen molar-refractivity contribution in [2.24, 2.45) is 0 Å². The van der Waals surface area contributed by atoms with Crippen molar-refractivity contribution in [3.05, 3.63) is 53.6 Å². The predicted octanol–water partition coefficient (Wildman–Crippen LogP) is 3.51. The minimum atomic E-state index is -0.687. The Morgan fingerprint density at radius 3 is 2.36 bits per heavy atom. The van der Waals surface area contributed by atoms with E-state index < -0.39 is 17.2 Å². The molecule has 2 aromatic heterocycles. The molecular formula is C18H18F2N4O. The number of aryl methyl sites for hydroxylation is 1. The Balaban J connectivity index is 2.14. The molecule has 0 atom stereocenters. The van der Waals surface area contributed by atoms with Crippen molar-refractivity contribution in [2.45, 2.75) is 33.2 Å². The fraction of sp³-hybridized carbons (Fsp3) is 0.278. The third-order valence-electron chi connectivity index (χ3n) is 3.56. The molecule has 1 amide bonds. The number of nitrogens with zero attached hydrogens (tertiary/aromatic N) is 3. The first-order valence-electron chi connectivity index (χ1n) is 7.78. The largest absolute Gasteiger partial charge is 0.346 e. The molecule has 3 rings (SSSR count). The van der Waals surface area contributed by atoms with Gasteiger partial charge in [0.25, 0.3) is 5.91 Å². The number of aromatic nitrogens is 3. The quantitative estimate of drug-likeness (QED) is 0.774. The van der Waals surface area contributed by atoms with Crippen LogP contribution in [-0.4, -0.2) is 25.8 Å². The van der Waals surface area contributed by atoms with Gasteiger partial charge in [0.1, 0.15) is 18.0 Å². The van der Waals surface area contributed by atoms with Crippen molar-refractivity contribution in [3.8, 4) is 11.3 Å². The number of amides is 1. The standard InChI is InChI=1S/C18H18F2N4O/c1-10-5-14(11-6-12(19)8-13(20)7-11)22-16-15(21-9-24(10)16)17(25)23-18(2,3)4/h5-9H,1-4H3,(H,23,25). The van der Waals surface area contributed by atoms with Gasteiger partial charge in [-0.2, -0.15) is 0 Å². The lowest BCUT2D eigenvalue weighted by Gasteiger charge is -2.19. The number of benzene rings is 1. The Bertz CT molecular complexity index is 953. The first-order chi connectivity index (χ1) is 11.6. The molecule has 3 aromatic rings. The first-order valence-corrected chi connectivity index (χ1v) is 7.78. The molecule has 5 nitrogen and oxygen atoms in total. The van der Waals surface area contributed by atoms with Crippen LogP contribution < -0.4 is 5.32 Å². The van der Waals surface area contributed by atoms with Crippen LogP contribution in [0, 0.1) is 18.6 Å². The van der Waals surface area contributed by atoms with Gasteiger partial charge in [-0.05, 0) is 45.9 Å². The second kappa shape index (κ2) is 5.91. The van der Waals surface area contributed by atoms with Crippen molar-refractivity contribution in [3.63, 3.8) is 0 Å². The van der Waals surface area contributed by atoms with Crippen LogP contribution >= 0.6 is 0 Å². The van der Waals surface area contributed by atoms with Crippen LogP contribution in [-0.2, 0) is 0 Å². The van der Waals surface area contributed by atoms with E-state index in [-0.39, 0.29) is 11.6 Å². The van der Waals surface area contributed by atoms with Gasteiger partial charge in [-0.3, -0.25) is 9.20 Å². The summed E-state index contributed by atoms with van der Waals surface area (Å²) in [6.45, 7) is 7.40. The smallest absolute Gasteiger partial charge is 0.274 e. The van der Waals surface area contributed by atoms with Crippen molar-refractivity contribution in [2.75, 3.05) is 0 Å². The highest BCUT2D eigenvalue weighted by atomic mass is 19.1. The van der Waals surface area contributed by atoms with Gasteiger partial charge in [0.2, 0.25) is 0 Å². The maximum Gasteiger partial charge on any atom is 0.274 e. The number of carbonyl (C=O) groups is 1. The van der Waals surface area contributed by atoms with Crippen LogP contribution in [0.3, 0.4) is 0 Å². The summed E-state index contributed by atoms with van der Waals surface area (Å²) in [4.78, 5) is 21.0. The lowest BCUT2D eigenvalue weighted by molar-refractivity contribution is 0.0916. The molecule has 0 fully saturated rings. The van der Waals surface area contributed by atoms with Crippen LogP contribution in [0.1, 0.15) is 37.0 Å². The second-order valence-electron chi connectivity index (χ2n) is 6.93. The highest BCUT2D eigenvalue weighted by Gasteiger charge is 2.21. The number of halogens is 2. The minimum Gasteiger partial charge on any atom is -0.346 e. The molecule has 0 radical (unpaired) electrons. The molecule has 0 spiro atoms. The van der Waals surface area contributed by atoms with E-state index in [1.807, 2.05) is 20.8 Å². The summed E-state index contributed by atoms with van der Waals surface area (Å²) in [5.41, 5.74) is 1.48. The first kappa shape index (κ1) is 17.0. The van der Waals surface area contributed by atoms with E-state index in [0.29, 0.717) is 16.9 Å². The third kappa shape index (κ3) is 3.50. The summed E-state index contributed by atoms with van der Waals surface area (Å²) in [5.74, 6) is -1.73. The number of hydrogen-bond acceptors (Lipinski definition) is 3. The Hall–Kier alpha value is -2.83. The SMILES string of the molecule is Cc1cc(-c2cc(F)cc(F)c2)nc2c(C(=O)NC(C)(C)C)ncn12. The van der Waals surface area contributed by atoms with Crippen LogP contribution in [0.15, 0.2) is 30.6 Å². The molecule has 130 valence electrons. The van der Waals surface area contributed by atoms with E-state index in [0.717, 1.165) is 11.8 Å². The predicted molar refractivity (Wildman–Crippen MR) is 90.3 cm³/mol. The highest BCUT2D eigenvalue weighted by molar-refractivity contribution is 5.98. The average Bonchev–Trinajstić information content (AvgIpc) is 2.89. The summed E-state index contributed by atoms with van der Waals surface area (Å²) in [7, 11) is 0. The zero-order valence-electron chi connectivity index (χ0n) is 14.4. The van der Waals surface area contributed by atoms with Crippen molar-refractivity contribution in [1.82, 2.24) is 19.7 Å². The molecule has 7 heteroatoms. The third-order valence-corrected chi connectivity index (χ3v) is 3.56. The molecule has 0 aliphatic rings. The van der Waals surface area contributed by atoms with E-state index in [1.54, 1.807) is 17.4 Å². The molecule has 1 aromatic carbocycles. The maximum atomic E-state index is 13.5. The van der Waals surface area contributed by atoms with Gasteiger partial charge in [0, 0.05) is 22.9 Å². The summed E-state index contributed by atoms with van der Waals surface area (Å²) in [6.07, 6.45) is 1.51. The Morgan fingerprint density at radius 2 is 1.76 bits per heavy atom. The van der Waals surface area contributed by atoms with Gasteiger partial charge in [-0.15, -0.1) is 0 Å². The Labute approximate surface area is 143 Å². The molecule has 0 aliphatic carbocycles. The molecule has 2 heterocycles. The zero-order chi connectivity index (χ0) is 18.4. The highest BCUT2D eigenvalue weighted by Crippen LogP contribution is 2.23. The number of imidazole rings is 1. The van der Waals surface area contributed by atoms with E-state index in [4.69, 9.17) is 0 Å². The van der Waals surface area contributed by atoms with Crippen LogP contribution in [0.25, 0.3) is 16.9 Å². The van der Waals surface area contributed by atoms with Gasteiger partial charge >= 0.3 is 0 Å². The summed E-state index contributed by atoms with van der Waals surface area (Å²) >= 11 is 0. The summed E-state index contributed by atoms with van der Waals surface area (Å²) in [6, 6.07) is 4.89. The molecule has 0 bridgehead atoms. The van der Waals surface area contributed by atoms with Crippen LogP contribution in [0.4, 0.5) is 8.78 Å². The number of rotatable bonds is 2. The molecule has 1 N–H and O–H groups in total. The van der Waals surface area contributed by atoms with Gasteiger partial charge in [0.05, 0.1) is 5.69 Å². The second-order valence-corrected chi connectivity index (χ2v) is 6.93. The lowest BCUT2D eigenvalue weighted by Crippen LogP contribution is -2.40. The normalized spacial score (nSPS) is 11.8. The Morgan fingerprint density at radius 1 is 1.12 bits per heavy atom. The van der Waals surface area contributed by atoms with Crippen molar-refractivity contribution < 1.29 is 13.6 Å². The van der Waals surface area contributed by atoms with Gasteiger partial charge < -0.3 is 5.32 Å². The van der Waals surface area contributed by atoms with Gasteiger partial charge in [-0.25, -0.2) is 18.7 Å². The number of nitrogens with one attached hydrogen (secondary N) is 1. The monoisotopic (exact) mass is 344 g/mol. The fourth-order valence-electron chi connectivity index (χ4n) is 2.53. The van der Waals surface area contributed by atoms with E-state index in [1.165, 1.54) is 18.5 Å². The van der Waals surface area contributed by atoms with Crippen LogP contribution in [0.2, 0.25) is 0 Å². The molecule has 25 heavy (non-hydrogen) atoms. The zero-order valence-corrected chi connectivity index (χ0v) is 14.4. The van der Waals surface area contributed by atoms with E-state index in [2.05, 4.69) is 15.3 Å². The summed E-state index contributed by atoms with van der Waals surface area (Å²) < 4.78 is 28.7. The van der Waals surface area contributed by atoms with E-state index in [9.17, 15) is 13.6 Å². The lowest BCUT2D eigenvalue weighted by atomic mass is 10.1. The van der Waals surface area contributed by atoms with Crippen LogP contribution in [0.5, 0.6) is 0 Å². The number of carbonyl (C=O) groups excluding carboxylic acids is 1. The average molecular weight is 344 g/mol. The van der Waals surface area contributed by atoms with Crippen molar-refractivity contribution >= 4 is 11.6 Å². The molecule has 0 saturated heterocycles. The topological polar surface area (TPSA) is 59.3 Å². The van der Waals surface area contributed by atoms with Crippen molar-refractivity contribution in [1.29, 1.82) is 0 Å². The molecule has 0 saturated carbocycles. The minimum absolute atomic E-state index is 0.164. The maximum absolute atomic E-state index is 13.5. The van der Waals surface area contributed by atoms with E-state index >= 15 is 0 Å².